The van der Waals surface area contributed by atoms with Crippen molar-refractivity contribution in [3.05, 3.63) is 58.4 Å². The van der Waals surface area contributed by atoms with Crippen molar-refractivity contribution in [3.63, 3.8) is 0 Å². The minimum Gasteiger partial charge on any atom is -0.478 e. The maximum absolute atomic E-state index is 13.9. The van der Waals surface area contributed by atoms with Crippen LogP contribution in [-0.4, -0.2) is 46.9 Å². The van der Waals surface area contributed by atoms with E-state index in [4.69, 9.17) is 4.74 Å². The monoisotopic (exact) mass is 433 g/mol. The Hall–Kier alpha value is -3.07. The summed E-state index contributed by atoms with van der Waals surface area (Å²) in [6.45, 7) is 3.25. The minimum absolute atomic E-state index is 0.0131. The van der Waals surface area contributed by atoms with E-state index in [0.29, 0.717) is 54.2 Å². The number of alkyl halides is 3. The van der Waals surface area contributed by atoms with Gasteiger partial charge in [-0.2, -0.15) is 0 Å². The third kappa shape index (κ3) is 3.97. The molecule has 0 bridgehead atoms. The lowest BCUT2D eigenvalue weighted by atomic mass is 10.0. The van der Waals surface area contributed by atoms with E-state index in [0.717, 1.165) is 0 Å². The largest absolute Gasteiger partial charge is 0.478 e. The van der Waals surface area contributed by atoms with Crippen molar-refractivity contribution in [2.45, 2.75) is 26.6 Å². The van der Waals surface area contributed by atoms with Crippen LogP contribution < -0.4 is 4.90 Å². The third-order valence-corrected chi connectivity index (χ3v) is 5.70. The van der Waals surface area contributed by atoms with E-state index in [1.165, 1.54) is 10.6 Å². The second-order valence-electron chi connectivity index (χ2n) is 7.46. The molecule has 164 valence electrons. The van der Waals surface area contributed by atoms with Gasteiger partial charge in [0.1, 0.15) is 12.2 Å². The van der Waals surface area contributed by atoms with E-state index in [9.17, 15) is 23.1 Å². The molecule has 31 heavy (non-hydrogen) atoms. The first kappa shape index (κ1) is 21.2. The Morgan fingerprint density at radius 2 is 1.94 bits per heavy atom. The summed E-state index contributed by atoms with van der Waals surface area (Å²) in [5.74, 6) is -1.75. The number of carboxylic acid groups (broad SMARTS) is 1. The van der Waals surface area contributed by atoms with Gasteiger partial charge in [-0.05, 0) is 35.7 Å². The number of ether oxygens (including phenoxy) is 1. The van der Waals surface area contributed by atoms with Crippen LogP contribution in [0, 0.1) is 6.92 Å². The van der Waals surface area contributed by atoms with Gasteiger partial charge in [0, 0.05) is 25.3 Å². The number of benzene rings is 2. The second-order valence-corrected chi connectivity index (χ2v) is 7.46. The van der Waals surface area contributed by atoms with Gasteiger partial charge < -0.3 is 19.3 Å². The zero-order chi connectivity index (χ0) is 22.1. The molecule has 3 aromatic rings. The smallest absolute Gasteiger partial charge is 0.338 e. The Labute approximate surface area is 176 Å². The highest BCUT2D eigenvalue weighted by Gasteiger charge is 2.25. The number of nitrogens with zero attached hydrogens (tertiary/aromatic N) is 3. The van der Waals surface area contributed by atoms with Crippen LogP contribution in [0.5, 0.6) is 0 Å². The van der Waals surface area contributed by atoms with Crippen LogP contribution in [0.4, 0.5) is 18.9 Å². The fraction of sp³-hybridized carbons (Fsp3) is 0.364. The maximum atomic E-state index is 13.9. The van der Waals surface area contributed by atoms with Crippen molar-refractivity contribution in [3.8, 4) is 0 Å². The summed E-state index contributed by atoms with van der Waals surface area (Å²) in [5, 5.41) is 9.72. The molecule has 0 atom stereocenters. The van der Waals surface area contributed by atoms with E-state index in [2.05, 4.69) is 4.98 Å². The van der Waals surface area contributed by atoms with Crippen LogP contribution in [0.1, 0.15) is 39.3 Å². The van der Waals surface area contributed by atoms with Gasteiger partial charge in [0.05, 0.1) is 24.3 Å². The van der Waals surface area contributed by atoms with Crippen LogP contribution in [0.3, 0.4) is 0 Å². The average molecular weight is 433 g/mol. The van der Waals surface area contributed by atoms with Gasteiger partial charge in [0.15, 0.2) is 5.82 Å². The highest BCUT2D eigenvalue weighted by Crippen LogP contribution is 2.32. The van der Waals surface area contributed by atoms with Crippen molar-refractivity contribution in [2.24, 2.45) is 0 Å². The first-order valence-electron chi connectivity index (χ1n) is 9.92. The first-order valence-corrected chi connectivity index (χ1v) is 9.92. The number of aromatic nitrogens is 2. The number of morpholine rings is 1. The van der Waals surface area contributed by atoms with Crippen molar-refractivity contribution in [2.75, 3.05) is 31.2 Å². The van der Waals surface area contributed by atoms with Gasteiger partial charge in [-0.25, -0.2) is 22.9 Å². The summed E-state index contributed by atoms with van der Waals surface area (Å²) >= 11 is 0. The van der Waals surface area contributed by atoms with E-state index in [1.54, 1.807) is 31.2 Å². The van der Waals surface area contributed by atoms with Gasteiger partial charge in [0.25, 0.3) is 6.43 Å². The first-order chi connectivity index (χ1) is 14.9. The Morgan fingerprint density at radius 1 is 1.23 bits per heavy atom. The van der Waals surface area contributed by atoms with Gasteiger partial charge in [0.2, 0.25) is 0 Å². The van der Waals surface area contributed by atoms with Crippen LogP contribution >= 0.6 is 0 Å². The zero-order valence-corrected chi connectivity index (χ0v) is 16.9. The summed E-state index contributed by atoms with van der Waals surface area (Å²) in [6, 6.07) is 8.25. The molecule has 0 spiro atoms. The number of fused-ring (bicyclic) bond motifs is 1. The second kappa shape index (κ2) is 8.58. The fourth-order valence-corrected chi connectivity index (χ4v) is 3.95. The number of anilines is 1. The van der Waals surface area contributed by atoms with Crippen LogP contribution in [0.15, 0.2) is 30.3 Å². The van der Waals surface area contributed by atoms with Crippen molar-refractivity contribution in [1.82, 2.24) is 9.55 Å². The van der Waals surface area contributed by atoms with Gasteiger partial charge in [-0.15, -0.1) is 0 Å². The summed E-state index contributed by atoms with van der Waals surface area (Å²) in [7, 11) is 0. The van der Waals surface area contributed by atoms with E-state index >= 15 is 0 Å². The van der Waals surface area contributed by atoms with Crippen molar-refractivity contribution in [1.29, 1.82) is 0 Å². The molecule has 2 heterocycles. The highest BCUT2D eigenvalue weighted by atomic mass is 19.3. The summed E-state index contributed by atoms with van der Waals surface area (Å²) in [4.78, 5) is 17.9. The number of aromatic carboxylic acids is 1. The van der Waals surface area contributed by atoms with Crippen LogP contribution in [-0.2, 0) is 18.0 Å². The fourth-order valence-electron chi connectivity index (χ4n) is 3.95. The lowest BCUT2D eigenvalue weighted by molar-refractivity contribution is 0.0698. The molecule has 1 aliphatic rings. The summed E-state index contributed by atoms with van der Waals surface area (Å²) in [5.41, 5.74) is 2.64. The molecule has 1 N–H and O–H groups in total. The molecule has 1 aliphatic heterocycles. The quantitative estimate of drug-likeness (QED) is 0.627. The molecule has 1 saturated heterocycles. The number of imidazole rings is 1. The Kier molecular flexibility index (Phi) is 5.86. The predicted molar refractivity (Wildman–Crippen MR) is 110 cm³/mol. The Bertz CT molecular complexity index is 1120. The molecule has 0 radical (unpaired) electrons. The Morgan fingerprint density at radius 3 is 2.58 bits per heavy atom. The third-order valence-electron chi connectivity index (χ3n) is 5.70. The predicted octanol–water partition coefficient (Wildman–Crippen LogP) is 4.33. The summed E-state index contributed by atoms with van der Waals surface area (Å²) < 4.78 is 47.7. The molecule has 2 aromatic carbocycles. The van der Waals surface area contributed by atoms with Gasteiger partial charge >= 0.3 is 5.97 Å². The van der Waals surface area contributed by atoms with E-state index in [-0.39, 0.29) is 17.6 Å². The lowest BCUT2D eigenvalue weighted by Crippen LogP contribution is -2.36. The molecule has 0 unspecified atom stereocenters. The van der Waals surface area contributed by atoms with E-state index in [1.807, 2.05) is 4.90 Å². The van der Waals surface area contributed by atoms with E-state index < -0.39 is 24.9 Å². The normalized spacial score (nSPS) is 14.5. The van der Waals surface area contributed by atoms with Crippen LogP contribution in [0.2, 0.25) is 0 Å². The zero-order valence-electron chi connectivity index (χ0n) is 16.9. The highest BCUT2D eigenvalue weighted by molar-refractivity contribution is 6.03. The molecule has 0 amide bonds. The summed E-state index contributed by atoms with van der Waals surface area (Å²) in [6.07, 6.45) is -2.90. The molecule has 4 rings (SSSR count). The Balaban J connectivity index is 1.91. The number of carbonyl (C=O) groups is 1. The number of hydrogen-bond donors (Lipinski definition) is 1. The molecule has 0 aliphatic carbocycles. The standard InChI is InChI=1S/C22H22F3N3O3/c1-13-14(11-23)3-2-4-15(13)12-28-18-10-16(27-5-7-31-8-6-27)9-17(22(29)30)19(18)26-21(28)20(24)25/h2-4,9-10,20H,5-8,11-12H2,1H3,(H,29,30). The molecule has 0 saturated carbocycles. The minimum atomic E-state index is -2.90. The number of carboxylic acids is 1. The average Bonchev–Trinajstić information content (AvgIpc) is 3.13. The maximum Gasteiger partial charge on any atom is 0.338 e. The van der Waals surface area contributed by atoms with Gasteiger partial charge in [-0.3, -0.25) is 0 Å². The number of halogens is 3. The molecule has 6 nitrogen and oxygen atoms in total. The van der Waals surface area contributed by atoms with Gasteiger partial charge in [-0.1, -0.05) is 18.2 Å². The SMILES string of the molecule is Cc1c(CF)cccc1Cn1c(C(F)F)nc2c(C(=O)O)cc(N3CCOCC3)cc21. The molecule has 9 heteroatoms. The number of hydrogen-bond acceptors (Lipinski definition) is 4. The lowest BCUT2D eigenvalue weighted by Gasteiger charge is -2.29. The van der Waals surface area contributed by atoms with Crippen molar-refractivity contribution >= 4 is 22.7 Å². The molecule has 1 fully saturated rings. The topological polar surface area (TPSA) is 67.6 Å². The molecular weight excluding hydrogens is 411 g/mol. The molecule has 1 aromatic heterocycles. The number of rotatable bonds is 6. The van der Waals surface area contributed by atoms with Crippen molar-refractivity contribution < 1.29 is 27.8 Å². The van der Waals surface area contributed by atoms with Crippen LogP contribution in [0.25, 0.3) is 11.0 Å². The molecular formula is C22H22F3N3O3.